The van der Waals surface area contributed by atoms with Crippen LogP contribution in [0.1, 0.15) is 37.9 Å². The number of nitrogens with zero attached hydrogens (tertiary/aromatic N) is 4. The number of anilines is 1. The van der Waals surface area contributed by atoms with Crippen LogP contribution in [0.15, 0.2) is 24.3 Å². The number of ether oxygens (including phenoxy) is 1. The first kappa shape index (κ1) is 20.5. The fourth-order valence-electron chi connectivity index (χ4n) is 4.27. The van der Waals surface area contributed by atoms with Crippen molar-refractivity contribution in [1.82, 2.24) is 14.8 Å². The number of alkyl halides is 3. The number of benzene rings is 1. The van der Waals surface area contributed by atoms with Gasteiger partial charge in [0.25, 0.3) is 0 Å². The number of rotatable bonds is 5. The van der Waals surface area contributed by atoms with Crippen molar-refractivity contribution in [1.29, 1.82) is 0 Å². The number of methoxy groups -OCH3 is 1. The van der Waals surface area contributed by atoms with Crippen LogP contribution in [0, 0.1) is 6.92 Å². The van der Waals surface area contributed by atoms with E-state index in [0.717, 1.165) is 48.4 Å². The van der Waals surface area contributed by atoms with Crippen molar-refractivity contribution in [3.05, 3.63) is 35.5 Å². The van der Waals surface area contributed by atoms with E-state index >= 15 is 0 Å². The Labute approximate surface area is 173 Å². The average Bonchev–Trinajstić information content (AvgIpc) is 3.07. The van der Waals surface area contributed by atoms with E-state index in [1.165, 1.54) is 13.2 Å². The Hall–Kier alpha value is -2.77. The molecule has 1 aliphatic rings. The molecule has 1 aliphatic heterocycles. The summed E-state index contributed by atoms with van der Waals surface area (Å²) in [5.74, 6) is 0.137. The molecule has 0 aliphatic carbocycles. The van der Waals surface area contributed by atoms with Crippen LogP contribution in [-0.2, 0) is 12.7 Å². The highest BCUT2D eigenvalue weighted by Crippen LogP contribution is 2.42. The molecule has 160 valence electrons. The van der Waals surface area contributed by atoms with Gasteiger partial charge < -0.3 is 9.64 Å². The summed E-state index contributed by atoms with van der Waals surface area (Å²) in [6, 6.07) is 5.90. The molecule has 0 radical (unpaired) electrons. The Morgan fingerprint density at radius 1 is 1.20 bits per heavy atom. The van der Waals surface area contributed by atoms with Crippen LogP contribution in [0.25, 0.3) is 22.3 Å². The standard InChI is InChI=1S/C22H25F3N4O/c1-5-9-28-15(6-2)12-29-21-17(28)10-13(3)26-20(21)19(27-29)16-8-7-14(22(23,24)25)11-18(16)30-4/h7-8,10-11,15H,5-6,9,12H2,1-4H3/t15-/m0/s1. The molecular formula is C22H25F3N4O. The van der Waals surface area contributed by atoms with E-state index in [-0.39, 0.29) is 5.75 Å². The fraction of sp³-hybridized carbons (Fsp3) is 0.455. The number of halogens is 3. The van der Waals surface area contributed by atoms with Crippen molar-refractivity contribution in [2.45, 2.75) is 52.4 Å². The highest BCUT2D eigenvalue weighted by molar-refractivity contribution is 5.99. The van der Waals surface area contributed by atoms with E-state index in [4.69, 9.17) is 14.8 Å². The number of aryl methyl sites for hydroxylation is 1. The molecule has 5 nitrogen and oxygen atoms in total. The SMILES string of the molecule is CCCN1c2cc(C)nc3c(-c4ccc(C(F)(F)F)cc4OC)nn(c23)C[C@@H]1CC. The molecule has 8 heteroatoms. The maximum atomic E-state index is 13.2. The van der Waals surface area contributed by atoms with Gasteiger partial charge in [0.1, 0.15) is 22.5 Å². The van der Waals surface area contributed by atoms with Crippen molar-refractivity contribution in [3.63, 3.8) is 0 Å². The summed E-state index contributed by atoms with van der Waals surface area (Å²) >= 11 is 0. The molecule has 3 aromatic rings. The van der Waals surface area contributed by atoms with Gasteiger partial charge in [-0.3, -0.25) is 4.68 Å². The van der Waals surface area contributed by atoms with E-state index < -0.39 is 11.7 Å². The zero-order valence-corrected chi connectivity index (χ0v) is 17.5. The third-order valence-corrected chi connectivity index (χ3v) is 5.66. The lowest BCUT2D eigenvalue weighted by Crippen LogP contribution is -2.42. The fourth-order valence-corrected chi connectivity index (χ4v) is 4.27. The smallest absolute Gasteiger partial charge is 0.416 e. The molecule has 2 aromatic heterocycles. The van der Waals surface area contributed by atoms with Crippen LogP contribution in [0.3, 0.4) is 0 Å². The molecule has 30 heavy (non-hydrogen) atoms. The average molecular weight is 418 g/mol. The van der Waals surface area contributed by atoms with Crippen molar-refractivity contribution >= 4 is 16.7 Å². The van der Waals surface area contributed by atoms with Gasteiger partial charge in [-0.15, -0.1) is 0 Å². The number of pyridine rings is 1. The topological polar surface area (TPSA) is 43.2 Å². The van der Waals surface area contributed by atoms with Crippen molar-refractivity contribution in [2.75, 3.05) is 18.6 Å². The molecule has 0 N–H and O–H groups in total. The first-order valence-corrected chi connectivity index (χ1v) is 10.2. The lowest BCUT2D eigenvalue weighted by molar-refractivity contribution is -0.137. The molecule has 0 bridgehead atoms. The summed E-state index contributed by atoms with van der Waals surface area (Å²) in [4.78, 5) is 7.13. The summed E-state index contributed by atoms with van der Waals surface area (Å²) in [6.07, 6.45) is -2.44. The van der Waals surface area contributed by atoms with Gasteiger partial charge >= 0.3 is 6.18 Å². The largest absolute Gasteiger partial charge is 0.496 e. The van der Waals surface area contributed by atoms with Crippen LogP contribution in [-0.4, -0.2) is 34.5 Å². The lowest BCUT2D eigenvalue weighted by atomic mass is 10.0. The maximum Gasteiger partial charge on any atom is 0.416 e. The molecule has 4 rings (SSSR count). The van der Waals surface area contributed by atoms with Crippen LogP contribution >= 0.6 is 0 Å². The molecule has 3 heterocycles. The molecule has 0 saturated carbocycles. The molecule has 0 saturated heterocycles. The maximum absolute atomic E-state index is 13.2. The van der Waals surface area contributed by atoms with E-state index in [1.54, 1.807) is 0 Å². The van der Waals surface area contributed by atoms with Gasteiger partial charge in [-0.1, -0.05) is 13.8 Å². The van der Waals surface area contributed by atoms with E-state index in [0.29, 0.717) is 29.4 Å². The van der Waals surface area contributed by atoms with Crippen molar-refractivity contribution < 1.29 is 17.9 Å². The quantitative estimate of drug-likeness (QED) is 0.553. The molecule has 1 aromatic carbocycles. The molecular weight excluding hydrogens is 393 g/mol. The first-order chi connectivity index (χ1) is 14.3. The van der Waals surface area contributed by atoms with Gasteiger partial charge in [-0.25, -0.2) is 4.98 Å². The number of hydrogen-bond donors (Lipinski definition) is 0. The summed E-state index contributed by atoms with van der Waals surface area (Å²) in [7, 11) is 1.37. The second-order valence-corrected chi connectivity index (χ2v) is 7.68. The van der Waals surface area contributed by atoms with Gasteiger partial charge in [0.2, 0.25) is 0 Å². The van der Waals surface area contributed by atoms with Crippen LogP contribution in [0.5, 0.6) is 5.75 Å². The summed E-state index contributed by atoms with van der Waals surface area (Å²) in [6.45, 7) is 7.89. The second-order valence-electron chi connectivity index (χ2n) is 7.68. The summed E-state index contributed by atoms with van der Waals surface area (Å²) in [5, 5.41) is 4.79. The number of aromatic nitrogens is 3. The highest BCUT2D eigenvalue weighted by Gasteiger charge is 2.33. The predicted molar refractivity (Wildman–Crippen MR) is 111 cm³/mol. The highest BCUT2D eigenvalue weighted by atomic mass is 19.4. The Bertz CT molecular complexity index is 1090. The molecule has 0 fully saturated rings. The summed E-state index contributed by atoms with van der Waals surface area (Å²) < 4.78 is 46.8. The molecule has 0 unspecified atom stereocenters. The van der Waals surface area contributed by atoms with Gasteiger partial charge in [0.05, 0.1) is 24.9 Å². The van der Waals surface area contributed by atoms with Gasteiger partial charge in [-0.2, -0.15) is 18.3 Å². The normalized spacial score (nSPS) is 16.4. The Kier molecular flexibility index (Phi) is 5.11. The van der Waals surface area contributed by atoms with Crippen molar-refractivity contribution in [2.24, 2.45) is 0 Å². The summed E-state index contributed by atoms with van der Waals surface area (Å²) in [5.41, 5.74) is 3.86. The minimum Gasteiger partial charge on any atom is -0.496 e. The van der Waals surface area contributed by atoms with E-state index in [2.05, 4.69) is 24.8 Å². The van der Waals surface area contributed by atoms with E-state index in [1.807, 2.05) is 11.6 Å². The minimum absolute atomic E-state index is 0.137. The third-order valence-electron chi connectivity index (χ3n) is 5.66. The van der Waals surface area contributed by atoms with Crippen molar-refractivity contribution in [3.8, 4) is 17.0 Å². The molecule has 1 atom stereocenters. The van der Waals surface area contributed by atoms with Crippen LogP contribution in [0.4, 0.5) is 18.9 Å². The minimum atomic E-state index is -4.44. The predicted octanol–water partition coefficient (Wildman–Crippen LogP) is 5.44. The Morgan fingerprint density at radius 2 is 1.97 bits per heavy atom. The second kappa shape index (κ2) is 7.49. The zero-order chi connectivity index (χ0) is 21.6. The van der Waals surface area contributed by atoms with Gasteiger partial charge in [0.15, 0.2) is 0 Å². The third kappa shape index (κ3) is 3.28. The zero-order valence-electron chi connectivity index (χ0n) is 17.5. The van der Waals surface area contributed by atoms with Crippen LogP contribution in [0.2, 0.25) is 0 Å². The van der Waals surface area contributed by atoms with Crippen LogP contribution < -0.4 is 9.64 Å². The molecule has 0 spiro atoms. The Balaban J connectivity index is 1.95. The monoisotopic (exact) mass is 418 g/mol. The van der Waals surface area contributed by atoms with Gasteiger partial charge in [-0.05, 0) is 44.0 Å². The van der Waals surface area contributed by atoms with Gasteiger partial charge in [0, 0.05) is 23.8 Å². The number of hydrogen-bond acceptors (Lipinski definition) is 4. The van der Waals surface area contributed by atoms with E-state index in [9.17, 15) is 13.2 Å². The Morgan fingerprint density at radius 3 is 2.60 bits per heavy atom. The molecule has 0 amide bonds. The lowest BCUT2D eigenvalue weighted by Gasteiger charge is -2.37. The first-order valence-electron chi connectivity index (χ1n) is 10.2.